The third-order valence-electron chi connectivity index (χ3n) is 1.10. The first kappa shape index (κ1) is 8.31. The number of aromatic nitrogens is 3. The molecule has 1 aromatic rings. The monoisotopic (exact) mass is 170 g/mol. The van der Waals surface area contributed by atoms with E-state index in [1.807, 2.05) is 0 Å². The predicted octanol–water partition coefficient (Wildman–Crippen LogP) is -0.225. The summed E-state index contributed by atoms with van der Waals surface area (Å²) in [6.07, 6.45) is 1.11. The van der Waals surface area contributed by atoms with Crippen molar-refractivity contribution in [2.24, 2.45) is 0 Å². The summed E-state index contributed by atoms with van der Waals surface area (Å²) >= 11 is 0. The molecule has 0 fully saturated rings. The van der Waals surface area contributed by atoms with E-state index >= 15 is 0 Å². The molecule has 0 amide bonds. The van der Waals surface area contributed by atoms with Crippen molar-refractivity contribution in [3.8, 4) is 0 Å². The molecule has 0 atom stereocenters. The van der Waals surface area contributed by atoms with Crippen molar-refractivity contribution >= 4 is 11.6 Å². The Bertz CT molecular complexity index is 318. The first-order valence-electron chi connectivity index (χ1n) is 3.13. The van der Waals surface area contributed by atoms with Crippen molar-refractivity contribution in [1.29, 1.82) is 0 Å². The minimum atomic E-state index is -0.663. The Kier molecular flexibility index (Phi) is 2.13. The van der Waals surface area contributed by atoms with Crippen molar-refractivity contribution in [1.82, 2.24) is 15.0 Å². The summed E-state index contributed by atoms with van der Waals surface area (Å²) in [5, 5.41) is 16.7. The summed E-state index contributed by atoms with van der Waals surface area (Å²) < 4.78 is 1.13. The minimum absolute atomic E-state index is 0.0147. The molecule has 64 valence electrons. The summed E-state index contributed by atoms with van der Waals surface area (Å²) in [7, 11) is 0. The third-order valence-corrected chi connectivity index (χ3v) is 1.10. The van der Waals surface area contributed by atoms with Crippen LogP contribution in [0.3, 0.4) is 0 Å². The Labute approximate surface area is 67.1 Å². The van der Waals surface area contributed by atoms with E-state index < -0.39 is 4.92 Å². The Hall–Kier alpha value is -1.79. The lowest BCUT2D eigenvalue weighted by molar-refractivity contribution is -0.389. The Morgan fingerprint density at radius 1 is 1.83 bits per heavy atom. The third kappa shape index (κ3) is 1.84. The molecule has 0 aliphatic carbocycles. The smallest absolute Gasteiger partial charge is 0.358 e. The molecule has 0 aliphatic heterocycles. The molecule has 7 nitrogen and oxygen atoms in total. The molecule has 1 aromatic heterocycles. The molecule has 0 bridgehead atoms. The van der Waals surface area contributed by atoms with Crippen LogP contribution in [0, 0.1) is 10.1 Å². The standard InChI is InChI=1S/C5H6N4O3/c1-4(10)2-8-3-5(6-7-8)9(11)12/h3H,2H2,1H3. The van der Waals surface area contributed by atoms with E-state index in [1.165, 1.54) is 6.92 Å². The molecule has 12 heavy (non-hydrogen) atoms. The van der Waals surface area contributed by atoms with Crippen molar-refractivity contribution in [2.75, 3.05) is 0 Å². The molecule has 0 unspecified atom stereocenters. The Balaban J connectivity index is 2.77. The lowest BCUT2D eigenvalue weighted by Gasteiger charge is -1.89. The van der Waals surface area contributed by atoms with Crippen molar-refractivity contribution in [2.45, 2.75) is 13.5 Å². The van der Waals surface area contributed by atoms with Gasteiger partial charge in [0.25, 0.3) is 0 Å². The van der Waals surface area contributed by atoms with Gasteiger partial charge < -0.3 is 10.1 Å². The molecule has 0 N–H and O–H groups in total. The second kappa shape index (κ2) is 3.07. The van der Waals surface area contributed by atoms with Crippen LogP contribution >= 0.6 is 0 Å². The summed E-state index contributed by atoms with van der Waals surface area (Å²) in [5.41, 5.74) is 0. The average Bonchev–Trinajstić information content (AvgIpc) is 2.34. The number of ketones is 1. The highest BCUT2D eigenvalue weighted by atomic mass is 16.6. The van der Waals surface area contributed by atoms with Crippen molar-refractivity contribution in [3.63, 3.8) is 0 Å². The fraction of sp³-hybridized carbons (Fsp3) is 0.400. The van der Waals surface area contributed by atoms with Gasteiger partial charge in [-0.3, -0.25) is 4.79 Å². The fourth-order valence-corrected chi connectivity index (χ4v) is 0.677. The molecule has 0 aliphatic rings. The van der Waals surface area contributed by atoms with Crippen LogP contribution in [0.1, 0.15) is 6.92 Å². The molecular formula is C5H6N4O3. The van der Waals surface area contributed by atoms with Gasteiger partial charge >= 0.3 is 5.82 Å². The molecule has 1 rings (SSSR count). The van der Waals surface area contributed by atoms with E-state index in [-0.39, 0.29) is 18.1 Å². The number of nitro groups is 1. The quantitative estimate of drug-likeness (QED) is 0.461. The Morgan fingerprint density at radius 3 is 2.92 bits per heavy atom. The number of hydrogen-bond donors (Lipinski definition) is 0. The van der Waals surface area contributed by atoms with Crippen LogP contribution in [0.4, 0.5) is 5.82 Å². The van der Waals surface area contributed by atoms with Crippen LogP contribution in [-0.4, -0.2) is 25.7 Å². The maximum absolute atomic E-state index is 10.5. The second-order valence-corrected chi connectivity index (χ2v) is 2.23. The number of nitrogens with zero attached hydrogens (tertiary/aromatic N) is 4. The SMILES string of the molecule is CC(=O)Cn1cc([N+](=O)[O-])nn1. The van der Waals surface area contributed by atoms with Crippen molar-refractivity contribution in [3.05, 3.63) is 16.3 Å². The summed E-state index contributed by atoms with van der Waals surface area (Å²) in [5.74, 6) is -0.481. The maximum atomic E-state index is 10.5. The lowest BCUT2D eigenvalue weighted by Crippen LogP contribution is -2.06. The molecule has 7 heteroatoms. The highest BCUT2D eigenvalue weighted by Gasteiger charge is 2.12. The highest BCUT2D eigenvalue weighted by Crippen LogP contribution is 2.02. The number of carbonyl (C=O) groups is 1. The van der Waals surface area contributed by atoms with E-state index in [9.17, 15) is 14.9 Å². The zero-order valence-electron chi connectivity index (χ0n) is 6.30. The van der Waals surface area contributed by atoms with Gasteiger partial charge in [-0.2, -0.15) is 0 Å². The van der Waals surface area contributed by atoms with Gasteiger partial charge in [-0.15, -0.1) is 0 Å². The van der Waals surface area contributed by atoms with Gasteiger partial charge in [-0.1, -0.05) is 0 Å². The van der Waals surface area contributed by atoms with E-state index in [4.69, 9.17) is 0 Å². The topological polar surface area (TPSA) is 90.9 Å². The fourth-order valence-electron chi connectivity index (χ4n) is 0.677. The number of rotatable bonds is 3. The number of carbonyl (C=O) groups excluding carboxylic acids is 1. The van der Waals surface area contributed by atoms with E-state index in [1.54, 1.807) is 0 Å². The lowest BCUT2D eigenvalue weighted by atomic mass is 10.4. The summed E-state index contributed by atoms with van der Waals surface area (Å²) in [6.45, 7) is 1.38. The number of hydrogen-bond acceptors (Lipinski definition) is 5. The molecule has 0 spiro atoms. The van der Waals surface area contributed by atoms with Gasteiger partial charge in [-0.05, 0) is 11.8 Å². The minimum Gasteiger partial charge on any atom is -0.358 e. The highest BCUT2D eigenvalue weighted by molar-refractivity contribution is 5.75. The van der Waals surface area contributed by atoms with Crippen molar-refractivity contribution < 1.29 is 9.72 Å². The van der Waals surface area contributed by atoms with Gasteiger partial charge in [0, 0.05) is 0 Å². The van der Waals surface area contributed by atoms with Gasteiger partial charge in [0.2, 0.25) is 0 Å². The predicted molar refractivity (Wildman–Crippen MR) is 37.4 cm³/mol. The number of Topliss-reactive ketones (excluding diaryl/α,β-unsaturated/α-hetero) is 1. The van der Waals surface area contributed by atoms with E-state index in [0.717, 1.165) is 10.9 Å². The normalized spacial score (nSPS) is 9.75. The van der Waals surface area contributed by atoms with Crippen LogP contribution in [0.25, 0.3) is 0 Å². The molecule has 0 radical (unpaired) electrons. The van der Waals surface area contributed by atoms with Gasteiger partial charge in [-0.25, -0.2) is 4.68 Å². The molecule has 0 saturated carbocycles. The first-order chi connectivity index (χ1) is 5.59. The first-order valence-corrected chi connectivity index (χ1v) is 3.13. The van der Waals surface area contributed by atoms with Gasteiger partial charge in [0.1, 0.15) is 17.8 Å². The van der Waals surface area contributed by atoms with Gasteiger partial charge in [0.05, 0.1) is 5.21 Å². The largest absolute Gasteiger partial charge is 0.410 e. The van der Waals surface area contributed by atoms with Gasteiger partial charge in [0.15, 0.2) is 5.78 Å². The molecule has 1 heterocycles. The molecule has 0 saturated heterocycles. The second-order valence-electron chi connectivity index (χ2n) is 2.23. The van der Waals surface area contributed by atoms with Crippen LogP contribution in [0.5, 0.6) is 0 Å². The van der Waals surface area contributed by atoms with E-state index in [0.29, 0.717) is 0 Å². The average molecular weight is 170 g/mol. The Morgan fingerprint density at radius 2 is 2.50 bits per heavy atom. The molecule has 0 aromatic carbocycles. The zero-order valence-corrected chi connectivity index (χ0v) is 6.30. The van der Waals surface area contributed by atoms with Crippen LogP contribution in [-0.2, 0) is 11.3 Å². The summed E-state index contributed by atoms with van der Waals surface area (Å²) in [6, 6.07) is 0. The summed E-state index contributed by atoms with van der Waals surface area (Å²) in [4.78, 5) is 20.0. The molecular weight excluding hydrogens is 164 g/mol. The van der Waals surface area contributed by atoms with E-state index in [2.05, 4.69) is 10.3 Å². The van der Waals surface area contributed by atoms with Crippen LogP contribution < -0.4 is 0 Å². The van der Waals surface area contributed by atoms with Crippen LogP contribution in [0.2, 0.25) is 0 Å². The van der Waals surface area contributed by atoms with Crippen LogP contribution in [0.15, 0.2) is 6.20 Å². The maximum Gasteiger partial charge on any atom is 0.410 e. The zero-order chi connectivity index (χ0) is 9.14.